The molecule has 1 aliphatic heterocycles. The fraction of sp³-hybridized carbons (Fsp3) is 0.542. The van der Waals surface area contributed by atoms with Crippen LogP contribution in [0, 0.1) is 0 Å². The maximum Gasteiger partial charge on any atom is 0.238 e. The number of carbonyl (C=O) groups is 1. The summed E-state index contributed by atoms with van der Waals surface area (Å²) < 4.78 is 11.7. The topological polar surface area (TPSA) is 84.8 Å². The molecular formula is C24H32ClN3O4. The standard InChI is InChI=1S/C24H32ClN3O4/c1-5-6-20(29)16(2)17-7-9-18(10-8-17)32-19-11-12-28(13-19)22-21(25)23(27-15-26-22)31-14-24(3,4)30/h7-10,15-16,19,30H,5-6,11-14H2,1-4H3/t16?,19-/m1/s1. The molecule has 1 N–H and O–H groups in total. The zero-order valence-electron chi connectivity index (χ0n) is 19.2. The minimum atomic E-state index is -0.988. The van der Waals surface area contributed by atoms with E-state index in [0.29, 0.717) is 23.8 Å². The number of halogens is 1. The van der Waals surface area contributed by atoms with Gasteiger partial charge in [0.25, 0.3) is 0 Å². The summed E-state index contributed by atoms with van der Waals surface area (Å²) >= 11 is 6.48. The molecule has 7 nitrogen and oxygen atoms in total. The Hall–Kier alpha value is -2.38. The first-order chi connectivity index (χ1) is 15.2. The number of benzene rings is 1. The number of aromatic nitrogens is 2. The number of rotatable bonds is 10. The van der Waals surface area contributed by atoms with E-state index in [1.54, 1.807) is 13.8 Å². The third-order valence-corrected chi connectivity index (χ3v) is 5.74. The fourth-order valence-electron chi connectivity index (χ4n) is 3.60. The Labute approximate surface area is 194 Å². The van der Waals surface area contributed by atoms with Crippen LogP contribution in [0.15, 0.2) is 30.6 Å². The van der Waals surface area contributed by atoms with Gasteiger partial charge in [0, 0.05) is 25.3 Å². The Morgan fingerprint density at radius 3 is 2.69 bits per heavy atom. The number of nitrogens with zero attached hydrogens (tertiary/aromatic N) is 3. The summed E-state index contributed by atoms with van der Waals surface area (Å²) in [7, 11) is 0. The van der Waals surface area contributed by atoms with E-state index in [9.17, 15) is 9.90 Å². The second-order valence-corrected chi connectivity index (χ2v) is 9.28. The van der Waals surface area contributed by atoms with Gasteiger partial charge < -0.3 is 19.5 Å². The second-order valence-electron chi connectivity index (χ2n) is 8.90. The molecule has 2 aromatic rings. The van der Waals surface area contributed by atoms with E-state index >= 15 is 0 Å². The van der Waals surface area contributed by atoms with Crippen molar-refractivity contribution in [3.8, 4) is 11.6 Å². The van der Waals surface area contributed by atoms with E-state index < -0.39 is 5.60 Å². The number of ketones is 1. The van der Waals surface area contributed by atoms with Crippen molar-refractivity contribution in [1.82, 2.24) is 9.97 Å². The minimum Gasteiger partial charge on any atom is -0.489 e. The lowest BCUT2D eigenvalue weighted by Gasteiger charge is -2.21. The summed E-state index contributed by atoms with van der Waals surface area (Å²) in [5.74, 6) is 1.79. The molecule has 1 unspecified atom stereocenters. The van der Waals surface area contributed by atoms with Crippen LogP contribution >= 0.6 is 11.6 Å². The Morgan fingerprint density at radius 1 is 1.31 bits per heavy atom. The van der Waals surface area contributed by atoms with Gasteiger partial charge in [-0.15, -0.1) is 0 Å². The highest BCUT2D eigenvalue weighted by atomic mass is 35.5. The molecule has 0 saturated carbocycles. The normalized spacial score (nSPS) is 17.3. The molecule has 1 saturated heterocycles. The van der Waals surface area contributed by atoms with Gasteiger partial charge in [-0.1, -0.05) is 37.6 Å². The smallest absolute Gasteiger partial charge is 0.238 e. The van der Waals surface area contributed by atoms with E-state index in [4.69, 9.17) is 21.1 Å². The quantitative estimate of drug-likeness (QED) is 0.560. The SMILES string of the molecule is CCCC(=O)C(C)c1ccc(O[C@@H]2CCN(c3ncnc(OCC(C)(C)O)c3Cl)C2)cc1. The molecule has 0 aliphatic carbocycles. The Balaban J connectivity index is 1.60. The van der Waals surface area contributed by atoms with Crippen molar-refractivity contribution >= 4 is 23.2 Å². The van der Waals surface area contributed by atoms with Crippen LogP contribution in [0.5, 0.6) is 11.6 Å². The third-order valence-electron chi connectivity index (χ3n) is 5.41. The molecule has 174 valence electrons. The maximum atomic E-state index is 12.1. The summed E-state index contributed by atoms with van der Waals surface area (Å²) in [6, 6.07) is 7.78. The van der Waals surface area contributed by atoms with Gasteiger partial charge >= 0.3 is 0 Å². The summed E-state index contributed by atoms with van der Waals surface area (Å²) in [4.78, 5) is 22.6. The van der Waals surface area contributed by atoms with Crippen molar-refractivity contribution in [3.05, 3.63) is 41.2 Å². The van der Waals surface area contributed by atoms with E-state index in [0.717, 1.165) is 30.7 Å². The van der Waals surface area contributed by atoms with Crippen molar-refractivity contribution in [3.63, 3.8) is 0 Å². The average molecular weight is 462 g/mol. The van der Waals surface area contributed by atoms with Crippen LogP contribution in [0.4, 0.5) is 5.82 Å². The van der Waals surface area contributed by atoms with Crippen LogP contribution in [-0.2, 0) is 4.79 Å². The van der Waals surface area contributed by atoms with Gasteiger partial charge in [0.2, 0.25) is 5.88 Å². The van der Waals surface area contributed by atoms with Gasteiger partial charge in [-0.25, -0.2) is 9.97 Å². The number of anilines is 1. The molecule has 0 radical (unpaired) electrons. The molecule has 0 spiro atoms. The molecule has 1 aromatic heterocycles. The predicted octanol–water partition coefficient (Wildman–Crippen LogP) is 4.41. The van der Waals surface area contributed by atoms with Crippen LogP contribution in [0.3, 0.4) is 0 Å². The van der Waals surface area contributed by atoms with Crippen molar-refractivity contribution in [2.24, 2.45) is 0 Å². The lowest BCUT2D eigenvalue weighted by atomic mass is 9.94. The second kappa shape index (κ2) is 10.5. The van der Waals surface area contributed by atoms with Gasteiger partial charge in [0.15, 0.2) is 5.82 Å². The molecule has 8 heteroatoms. The number of Topliss-reactive ketones (excluding diaryl/α,β-unsaturated/α-hetero) is 1. The van der Waals surface area contributed by atoms with Crippen molar-refractivity contribution in [1.29, 1.82) is 0 Å². The number of hydrogen-bond donors (Lipinski definition) is 1. The molecule has 2 atom stereocenters. The predicted molar refractivity (Wildman–Crippen MR) is 125 cm³/mol. The Bertz CT molecular complexity index is 914. The molecule has 1 aliphatic rings. The highest BCUT2D eigenvalue weighted by Gasteiger charge is 2.28. The molecule has 3 rings (SSSR count). The average Bonchev–Trinajstić information content (AvgIpc) is 3.21. The van der Waals surface area contributed by atoms with Crippen LogP contribution in [0.25, 0.3) is 0 Å². The van der Waals surface area contributed by atoms with Gasteiger partial charge in [-0.3, -0.25) is 4.79 Å². The first kappa shape index (κ1) is 24.3. The van der Waals surface area contributed by atoms with Crippen LogP contribution < -0.4 is 14.4 Å². The molecule has 2 heterocycles. The van der Waals surface area contributed by atoms with Gasteiger partial charge in [0.1, 0.15) is 35.6 Å². The zero-order chi connectivity index (χ0) is 23.3. The Kier molecular flexibility index (Phi) is 7.96. The molecule has 32 heavy (non-hydrogen) atoms. The first-order valence-electron chi connectivity index (χ1n) is 11.1. The van der Waals surface area contributed by atoms with Crippen LogP contribution in [0.2, 0.25) is 5.02 Å². The summed E-state index contributed by atoms with van der Waals surface area (Å²) in [6.45, 7) is 8.73. The van der Waals surface area contributed by atoms with Crippen molar-refractivity contribution in [2.45, 2.75) is 64.6 Å². The van der Waals surface area contributed by atoms with Crippen LogP contribution in [0.1, 0.15) is 58.4 Å². The summed E-state index contributed by atoms with van der Waals surface area (Å²) in [5, 5.41) is 10.2. The lowest BCUT2D eigenvalue weighted by Crippen LogP contribution is -2.29. The number of aliphatic hydroxyl groups is 1. The maximum absolute atomic E-state index is 12.1. The first-order valence-corrected chi connectivity index (χ1v) is 11.5. The fourth-order valence-corrected chi connectivity index (χ4v) is 3.88. The summed E-state index contributed by atoms with van der Waals surface area (Å²) in [5.41, 5.74) is 0.0210. The number of ether oxygens (including phenoxy) is 2. The molecule has 0 amide bonds. The molecular weight excluding hydrogens is 430 g/mol. The molecule has 1 fully saturated rings. The highest BCUT2D eigenvalue weighted by Crippen LogP contribution is 2.33. The van der Waals surface area contributed by atoms with Gasteiger partial charge in [-0.2, -0.15) is 0 Å². The van der Waals surface area contributed by atoms with Gasteiger partial charge in [0.05, 0.1) is 12.1 Å². The lowest BCUT2D eigenvalue weighted by molar-refractivity contribution is -0.120. The highest BCUT2D eigenvalue weighted by molar-refractivity contribution is 6.34. The zero-order valence-corrected chi connectivity index (χ0v) is 19.9. The monoisotopic (exact) mass is 461 g/mol. The Morgan fingerprint density at radius 2 is 2.03 bits per heavy atom. The van der Waals surface area contributed by atoms with E-state index in [1.165, 1.54) is 6.33 Å². The largest absolute Gasteiger partial charge is 0.489 e. The summed E-state index contributed by atoms with van der Waals surface area (Å²) in [6.07, 6.45) is 3.70. The van der Waals surface area contributed by atoms with Gasteiger partial charge in [-0.05, 0) is 38.0 Å². The molecule has 0 bridgehead atoms. The van der Waals surface area contributed by atoms with E-state index in [1.807, 2.05) is 43.0 Å². The molecule has 1 aromatic carbocycles. The number of hydrogen-bond acceptors (Lipinski definition) is 7. The number of carbonyl (C=O) groups excluding carboxylic acids is 1. The van der Waals surface area contributed by atoms with Crippen molar-refractivity contribution in [2.75, 3.05) is 24.6 Å². The van der Waals surface area contributed by atoms with Crippen molar-refractivity contribution < 1.29 is 19.4 Å². The van der Waals surface area contributed by atoms with E-state index in [2.05, 4.69) is 9.97 Å². The third kappa shape index (κ3) is 6.33. The van der Waals surface area contributed by atoms with E-state index in [-0.39, 0.29) is 30.3 Å². The minimum absolute atomic E-state index is 0.00762. The van der Waals surface area contributed by atoms with Crippen LogP contribution in [-0.4, -0.2) is 52.3 Å².